The van der Waals surface area contributed by atoms with Crippen LogP contribution < -0.4 is 5.32 Å². The number of hydrogen-bond acceptors (Lipinski definition) is 4. The number of nitrogens with zero attached hydrogens (tertiary/aromatic N) is 2. The predicted octanol–water partition coefficient (Wildman–Crippen LogP) is 1.99. The number of hydrogen-bond donors (Lipinski definition) is 1. The molecule has 0 bridgehead atoms. The maximum absolute atomic E-state index is 12.5. The molecule has 2 heterocycles. The quantitative estimate of drug-likeness (QED) is 0.828. The Morgan fingerprint density at radius 2 is 1.95 bits per heavy atom. The van der Waals surface area contributed by atoms with Gasteiger partial charge in [-0.25, -0.2) is 8.42 Å². The molecule has 1 N–H and O–H groups in total. The SMILES string of the molecule is CC(C)NC(=S)N1CCN(S(=O)(=O)c2ccc(Cl)s2)CC1. The Balaban J connectivity index is 1.99. The summed E-state index contributed by atoms with van der Waals surface area (Å²) in [4.78, 5) is 2.00. The van der Waals surface area contributed by atoms with Crippen LogP contribution in [-0.4, -0.2) is 55.0 Å². The molecule has 0 unspecified atom stereocenters. The highest BCUT2D eigenvalue weighted by atomic mass is 35.5. The Labute approximate surface area is 139 Å². The van der Waals surface area contributed by atoms with E-state index in [1.165, 1.54) is 4.31 Å². The zero-order valence-electron chi connectivity index (χ0n) is 11.9. The second-order valence-corrected chi connectivity index (χ2v) is 9.32. The lowest BCUT2D eigenvalue weighted by Gasteiger charge is -2.35. The number of sulfonamides is 1. The third kappa shape index (κ3) is 4.07. The smallest absolute Gasteiger partial charge is 0.252 e. The van der Waals surface area contributed by atoms with E-state index in [0.29, 0.717) is 39.8 Å². The largest absolute Gasteiger partial charge is 0.360 e. The Morgan fingerprint density at radius 1 is 1.33 bits per heavy atom. The summed E-state index contributed by atoms with van der Waals surface area (Å²) in [5, 5.41) is 3.86. The van der Waals surface area contributed by atoms with Crippen molar-refractivity contribution >= 4 is 50.3 Å². The molecule has 118 valence electrons. The standard InChI is InChI=1S/C12H18ClN3O2S3/c1-9(2)14-12(19)15-5-7-16(8-6-15)21(17,18)11-4-3-10(13)20-11/h3-4,9H,5-8H2,1-2H3,(H,14,19). The Kier molecular flexibility index (Phi) is 5.48. The molecule has 0 amide bonds. The highest BCUT2D eigenvalue weighted by molar-refractivity contribution is 7.91. The molecule has 0 saturated carbocycles. The highest BCUT2D eigenvalue weighted by Gasteiger charge is 2.30. The monoisotopic (exact) mass is 367 g/mol. The van der Waals surface area contributed by atoms with Gasteiger partial charge >= 0.3 is 0 Å². The second-order valence-electron chi connectivity index (χ2n) is 5.05. The minimum absolute atomic E-state index is 0.271. The van der Waals surface area contributed by atoms with Gasteiger partial charge in [-0.15, -0.1) is 11.3 Å². The van der Waals surface area contributed by atoms with Crippen molar-refractivity contribution in [1.29, 1.82) is 0 Å². The van der Waals surface area contributed by atoms with Crippen LogP contribution in [0.25, 0.3) is 0 Å². The van der Waals surface area contributed by atoms with Crippen LogP contribution in [-0.2, 0) is 10.0 Å². The van der Waals surface area contributed by atoms with Gasteiger partial charge in [-0.3, -0.25) is 0 Å². The van der Waals surface area contributed by atoms with Crippen LogP contribution in [0.5, 0.6) is 0 Å². The summed E-state index contributed by atoms with van der Waals surface area (Å²) in [5.41, 5.74) is 0. The highest BCUT2D eigenvalue weighted by Crippen LogP contribution is 2.28. The van der Waals surface area contributed by atoms with E-state index in [4.69, 9.17) is 23.8 Å². The van der Waals surface area contributed by atoms with Gasteiger partial charge in [-0.05, 0) is 38.2 Å². The fourth-order valence-corrected chi connectivity index (χ4v) is 5.51. The number of thiocarbonyl (C=S) groups is 1. The van der Waals surface area contributed by atoms with Crippen molar-refractivity contribution < 1.29 is 8.42 Å². The summed E-state index contributed by atoms with van der Waals surface area (Å²) in [6.07, 6.45) is 0. The van der Waals surface area contributed by atoms with Gasteiger partial charge in [0.05, 0.1) is 4.34 Å². The van der Waals surface area contributed by atoms with Gasteiger partial charge in [-0.1, -0.05) is 11.6 Å². The number of nitrogens with one attached hydrogen (secondary N) is 1. The van der Waals surface area contributed by atoms with Crippen LogP contribution in [0.15, 0.2) is 16.3 Å². The van der Waals surface area contributed by atoms with Gasteiger partial charge in [-0.2, -0.15) is 4.31 Å². The van der Waals surface area contributed by atoms with Crippen LogP contribution in [0.3, 0.4) is 0 Å². The Morgan fingerprint density at radius 3 is 2.43 bits per heavy atom. The molecule has 0 spiro atoms. The third-order valence-corrected chi connectivity index (χ3v) is 7.05. The Hall–Kier alpha value is -0.410. The molecule has 1 saturated heterocycles. The molecule has 5 nitrogen and oxygen atoms in total. The van der Waals surface area contributed by atoms with E-state index in [-0.39, 0.29) is 6.04 Å². The van der Waals surface area contributed by atoms with E-state index in [1.54, 1.807) is 12.1 Å². The molecular formula is C12H18ClN3O2S3. The molecule has 1 aliphatic heterocycles. The summed E-state index contributed by atoms with van der Waals surface area (Å²) < 4.78 is 27.2. The maximum Gasteiger partial charge on any atom is 0.252 e. The van der Waals surface area contributed by atoms with E-state index in [1.807, 2.05) is 18.7 Å². The third-order valence-electron chi connectivity index (χ3n) is 3.08. The van der Waals surface area contributed by atoms with Crippen molar-refractivity contribution in [2.75, 3.05) is 26.2 Å². The van der Waals surface area contributed by atoms with Crippen molar-refractivity contribution in [1.82, 2.24) is 14.5 Å². The lowest BCUT2D eigenvalue weighted by molar-refractivity contribution is 0.263. The van der Waals surface area contributed by atoms with E-state index in [9.17, 15) is 8.42 Å². The van der Waals surface area contributed by atoms with Gasteiger partial charge in [0.1, 0.15) is 4.21 Å². The zero-order valence-corrected chi connectivity index (χ0v) is 15.1. The molecular weight excluding hydrogens is 350 g/mol. The minimum atomic E-state index is -3.44. The fourth-order valence-electron chi connectivity index (χ4n) is 2.03. The van der Waals surface area contributed by atoms with E-state index in [2.05, 4.69) is 5.32 Å². The lowest BCUT2D eigenvalue weighted by Crippen LogP contribution is -2.53. The van der Waals surface area contributed by atoms with Crippen molar-refractivity contribution in [3.8, 4) is 0 Å². The number of piperazine rings is 1. The molecule has 2 rings (SSSR count). The van der Waals surface area contributed by atoms with Crippen molar-refractivity contribution in [3.05, 3.63) is 16.5 Å². The summed E-state index contributed by atoms with van der Waals surface area (Å²) >= 11 is 12.2. The van der Waals surface area contributed by atoms with Crippen LogP contribution in [0.4, 0.5) is 0 Å². The minimum Gasteiger partial charge on any atom is -0.360 e. The second kappa shape index (κ2) is 6.78. The maximum atomic E-state index is 12.5. The first-order valence-electron chi connectivity index (χ1n) is 6.61. The summed E-state index contributed by atoms with van der Waals surface area (Å²) in [5.74, 6) is 0. The number of rotatable bonds is 3. The van der Waals surface area contributed by atoms with Crippen molar-refractivity contribution in [3.63, 3.8) is 0 Å². The van der Waals surface area contributed by atoms with Gasteiger partial charge in [0.15, 0.2) is 5.11 Å². The molecule has 9 heteroatoms. The van der Waals surface area contributed by atoms with Gasteiger partial charge in [0.25, 0.3) is 10.0 Å². The molecule has 1 aromatic rings. The molecule has 1 aliphatic rings. The molecule has 0 atom stereocenters. The van der Waals surface area contributed by atoms with Gasteiger partial charge in [0, 0.05) is 32.2 Å². The van der Waals surface area contributed by atoms with Crippen molar-refractivity contribution in [2.45, 2.75) is 24.1 Å². The molecule has 21 heavy (non-hydrogen) atoms. The van der Waals surface area contributed by atoms with E-state index < -0.39 is 10.0 Å². The van der Waals surface area contributed by atoms with Crippen molar-refractivity contribution in [2.24, 2.45) is 0 Å². The number of halogens is 1. The first-order chi connectivity index (χ1) is 9.80. The van der Waals surface area contributed by atoms with Gasteiger partial charge < -0.3 is 10.2 Å². The van der Waals surface area contributed by atoms with E-state index >= 15 is 0 Å². The molecule has 1 fully saturated rings. The lowest BCUT2D eigenvalue weighted by atomic mass is 10.3. The average molecular weight is 368 g/mol. The topological polar surface area (TPSA) is 52.6 Å². The summed E-state index contributed by atoms with van der Waals surface area (Å²) in [6, 6.07) is 3.43. The van der Waals surface area contributed by atoms with Crippen LogP contribution >= 0.6 is 35.2 Å². The summed E-state index contributed by atoms with van der Waals surface area (Å²) in [7, 11) is -3.44. The normalized spacial score (nSPS) is 17.2. The van der Waals surface area contributed by atoms with E-state index in [0.717, 1.165) is 11.3 Å². The molecule has 0 aliphatic carbocycles. The first kappa shape index (κ1) is 17.0. The predicted molar refractivity (Wildman–Crippen MR) is 90.5 cm³/mol. The molecule has 0 radical (unpaired) electrons. The summed E-state index contributed by atoms with van der Waals surface area (Å²) in [6.45, 7) is 6.09. The van der Waals surface area contributed by atoms with Crippen LogP contribution in [0.2, 0.25) is 4.34 Å². The number of thiophene rings is 1. The van der Waals surface area contributed by atoms with Gasteiger partial charge in [0.2, 0.25) is 0 Å². The van der Waals surface area contributed by atoms with Crippen LogP contribution in [0.1, 0.15) is 13.8 Å². The zero-order chi connectivity index (χ0) is 15.6. The average Bonchev–Trinajstić information content (AvgIpc) is 2.85. The molecule has 0 aromatic carbocycles. The fraction of sp³-hybridized carbons (Fsp3) is 0.583. The first-order valence-corrected chi connectivity index (χ1v) is 9.66. The van der Waals surface area contributed by atoms with Crippen LogP contribution in [0, 0.1) is 0 Å². The molecule has 1 aromatic heterocycles. The Bertz CT molecular complexity index is 607.